The van der Waals surface area contributed by atoms with Crippen molar-refractivity contribution in [2.45, 2.75) is 92.1 Å². The maximum absolute atomic E-state index is 12.3. The highest BCUT2D eigenvalue weighted by atomic mass is 16.5. The number of fused-ring (bicyclic) bond motifs is 5. The first kappa shape index (κ1) is 22.3. The lowest BCUT2D eigenvalue weighted by atomic mass is 9.41. The molecule has 0 bridgehead atoms. The Labute approximate surface area is 182 Å². The summed E-state index contributed by atoms with van der Waals surface area (Å²) < 4.78 is 5.38. The summed E-state index contributed by atoms with van der Waals surface area (Å²) in [6.07, 6.45) is 7.83. The zero-order valence-corrected chi connectivity index (χ0v) is 19.7. The van der Waals surface area contributed by atoms with Gasteiger partial charge in [-0.15, -0.1) is 0 Å². The van der Waals surface area contributed by atoms with Crippen LogP contribution in [0, 0.1) is 52.3 Å². The summed E-state index contributed by atoms with van der Waals surface area (Å²) in [5.74, 6) is 3.16. The molecule has 1 N–H and O–H groups in total. The third-order valence-electron chi connectivity index (χ3n) is 10.5. The standard InChI is InChI=1S/C26H42O4/c1-6-18-22-13-17(28)9-11-26(22,5)21-10-12-25(4)19(15(2)14-30-16(3)27)7-8-20(25)23(21)24(18)29/h15,18-24,29H,6-14H2,1-5H3/t15-,18-,19-,20?,21?,22?,23?,24?,25-,26-/m1/s1. The van der Waals surface area contributed by atoms with Crippen LogP contribution in [0.15, 0.2) is 0 Å². The molecule has 0 radical (unpaired) electrons. The van der Waals surface area contributed by atoms with E-state index in [0.717, 1.165) is 19.3 Å². The molecule has 4 aliphatic carbocycles. The van der Waals surface area contributed by atoms with Crippen molar-refractivity contribution in [3.05, 3.63) is 0 Å². The van der Waals surface area contributed by atoms with Crippen LogP contribution < -0.4 is 0 Å². The van der Waals surface area contributed by atoms with Gasteiger partial charge in [-0.2, -0.15) is 0 Å². The molecular formula is C26H42O4. The molecule has 4 heteroatoms. The first-order valence-corrected chi connectivity index (χ1v) is 12.5. The van der Waals surface area contributed by atoms with Gasteiger partial charge in [0.05, 0.1) is 12.7 Å². The molecule has 30 heavy (non-hydrogen) atoms. The normalized spacial score (nSPS) is 49.0. The molecule has 0 heterocycles. The Bertz CT molecular complexity index is 689. The molecular weight excluding hydrogens is 376 g/mol. The van der Waals surface area contributed by atoms with Crippen LogP contribution >= 0.6 is 0 Å². The number of esters is 1. The van der Waals surface area contributed by atoms with Gasteiger partial charge in [0, 0.05) is 19.8 Å². The fourth-order valence-electron chi connectivity index (χ4n) is 9.11. The Hall–Kier alpha value is -0.900. The third kappa shape index (κ3) is 3.27. The van der Waals surface area contributed by atoms with Crippen LogP contribution in [0.3, 0.4) is 0 Å². The Morgan fingerprint density at radius 2 is 1.83 bits per heavy atom. The van der Waals surface area contributed by atoms with Crippen molar-refractivity contribution in [2.24, 2.45) is 52.3 Å². The number of aliphatic hydroxyl groups is 1. The van der Waals surface area contributed by atoms with Gasteiger partial charge in [-0.05, 0) is 84.4 Å². The van der Waals surface area contributed by atoms with E-state index in [1.165, 1.54) is 32.6 Å². The Balaban J connectivity index is 1.62. The fraction of sp³-hybridized carbons (Fsp3) is 0.923. The van der Waals surface area contributed by atoms with Crippen LogP contribution in [0.5, 0.6) is 0 Å². The molecule has 4 nitrogen and oxygen atoms in total. The van der Waals surface area contributed by atoms with Crippen molar-refractivity contribution in [1.29, 1.82) is 0 Å². The Kier molecular flexibility index (Phi) is 5.87. The molecule has 4 fully saturated rings. The van der Waals surface area contributed by atoms with Crippen LogP contribution in [0.4, 0.5) is 0 Å². The van der Waals surface area contributed by atoms with Crippen LogP contribution in [0.2, 0.25) is 0 Å². The lowest BCUT2D eigenvalue weighted by Crippen LogP contribution is -2.62. The smallest absolute Gasteiger partial charge is 0.302 e. The molecule has 4 rings (SSSR count). The number of aliphatic hydroxyl groups excluding tert-OH is 1. The van der Waals surface area contributed by atoms with E-state index in [-0.39, 0.29) is 28.8 Å². The largest absolute Gasteiger partial charge is 0.466 e. The third-order valence-corrected chi connectivity index (χ3v) is 10.5. The average molecular weight is 419 g/mol. The summed E-state index contributed by atoms with van der Waals surface area (Å²) >= 11 is 0. The molecule has 4 aliphatic rings. The molecule has 4 saturated carbocycles. The molecule has 170 valence electrons. The van der Waals surface area contributed by atoms with E-state index in [2.05, 4.69) is 27.7 Å². The first-order chi connectivity index (χ1) is 14.1. The number of rotatable bonds is 4. The predicted octanol–water partition coefficient (Wildman–Crippen LogP) is 5.02. The van der Waals surface area contributed by atoms with Crippen LogP contribution in [-0.2, 0) is 14.3 Å². The number of carbonyl (C=O) groups excluding carboxylic acids is 2. The summed E-state index contributed by atoms with van der Waals surface area (Å²) in [7, 11) is 0. The van der Waals surface area contributed by atoms with Gasteiger partial charge in [0.25, 0.3) is 0 Å². The molecule has 0 aromatic carbocycles. The first-order valence-electron chi connectivity index (χ1n) is 12.5. The van der Waals surface area contributed by atoms with Crippen LogP contribution in [0.1, 0.15) is 86.0 Å². The van der Waals surface area contributed by atoms with Gasteiger partial charge in [-0.3, -0.25) is 9.59 Å². The monoisotopic (exact) mass is 418 g/mol. The summed E-state index contributed by atoms with van der Waals surface area (Å²) in [4.78, 5) is 23.7. The second kappa shape index (κ2) is 7.90. The number of hydrogen-bond acceptors (Lipinski definition) is 4. The Morgan fingerprint density at radius 1 is 1.13 bits per heavy atom. The van der Waals surface area contributed by atoms with Crippen molar-refractivity contribution in [2.75, 3.05) is 6.61 Å². The molecule has 5 unspecified atom stereocenters. The van der Waals surface area contributed by atoms with Gasteiger partial charge in [-0.25, -0.2) is 0 Å². The van der Waals surface area contributed by atoms with Crippen molar-refractivity contribution in [1.82, 2.24) is 0 Å². The minimum atomic E-state index is -0.281. The number of carbonyl (C=O) groups is 2. The van der Waals surface area contributed by atoms with E-state index in [9.17, 15) is 14.7 Å². The number of ether oxygens (including phenoxy) is 1. The van der Waals surface area contributed by atoms with Gasteiger partial charge in [0.2, 0.25) is 0 Å². The lowest BCUT2D eigenvalue weighted by molar-refractivity contribution is -0.195. The minimum Gasteiger partial charge on any atom is -0.466 e. The maximum atomic E-state index is 12.3. The summed E-state index contributed by atoms with van der Waals surface area (Å²) in [5.41, 5.74) is 0.412. The predicted molar refractivity (Wildman–Crippen MR) is 117 cm³/mol. The summed E-state index contributed by atoms with van der Waals surface area (Å²) in [5, 5.41) is 11.7. The average Bonchev–Trinajstić information content (AvgIpc) is 3.05. The van der Waals surface area contributed by atoms with Crippen molar-refractivity contribution in [3.63, 3.8) is 0 Å². The van der Waals surface area contributed by atoms with Gasteiger partial charge >= 0.3 is 5.97 Å². The lowest BCUT2D eigenvalue weighted by Gasteiger charge is -2.64. The van der Waals surface area contributed by atoms with Gasteiger partial charge in [0.1, 0.15) is 5.78 Å². The highest BCUT2D eigenvalue weighted by molar-refractivity contribution is 5.79. The van der Waals surface area contributed by atoms with Crippen molar-refractivity contribution >= 4 is 11.8 Å². The molecule has 0 aromatic rings. The highest BCUT2D eigenvalue weighted by Crippen LogP contribution is 2.69. The van der Waals surface area contributed by atoms with Crippen LogP contribution in [0.25, 0.3) is 0 Å². The van der Waals surface area contributed by atoms with E-state index in [1.54, 1.807) is 0 Å². The van der Waals surface area contributed by atoms with Crippen molar-refractivity contribution < 1.29 is 19.4 Å². The topological polar surface area (TPSA) is 63.6 Å². The zero-order chi connectivity index (χ0) is 21.8. The van der Waals surface area contributed by atoms with Crippen LogP contribution in [-0.4, -0.2) is 29.6 Å². The summed E-state index contributed by atoms with van der Waals surface area (Å²) in [6.45, 7) is 11.4. The number of Topliss-reactive ketones (excluding diaryl/α,β-unsaturated/α-hetero) is 1. The molecule has 10 atom stereocenters. The van der Waals surface area contributed by atoms with E-state index < -0.39 is 0 Å². The zero-order valence-electron chi connectivity index (χ0n) is 19.7. The number of ketones is 1. The van der Waals surface area contributed by atoms with Gasteiger partial charge in [0.15, 0.2) is 0 Å². The SMILES string of the molecule is CC[C@H]1C(O)C2C(CC[C@@]3(C)C2CC[C@@H]3[C@H](C)COC(C)=O)[C@@]2(C)CCC(=O)CC12. The highest BCUT2D eigenvalue weighted by Gasteiger charge is 2.64. The summed E-state index contributed by atoms with van der Waals surface area (Å²) in [6, 6.07) is 0. The van der Waals surface area contributed by atoms with E-state index in [1.807, 2.05) is 0 Å². The van der Waals surface area contributed by atoms with Gasteiger partial charge < -0.3 is 9.84 Å². The quantitative estimate of drug-likeness (QED) is 0.651. The molecule has 0 aliphatic heterocycles. The maximum Gasteiger partial charge on any atom is 0.302 e. The van der Waals surface area contributed by atoms with E-state index >= 15 is 0 Å². The number of hydrogen-bond donors (Lipinski definition) is 1. The second-order valence-corrected chi connectivity index (χ2v) is 11.7. The van der Waals surface area contributed by atoms with Gasteiger partial charge in [-0.1, -0.05) is 34.1 Å². The molecule has 0 spiro atoms. The molecule has 0 saturated heterocycles. The van der Waals surface area contributed by atoms with E-state index in [0.29, 0.717) is 54.3 Å². The molecule has 0 aromatic heterocycles. The van der Waals surface area contributed by atoms with E-state index in [4.69, 9.17) is 4.74 Å². The Morgan fingerprint density at radius 3 is 2.50 bits per heavy atom. The molecule has 0 amide bonds. The minimum absolute atomic E-state index is 0.190. The fourth-order valence-corrected chi connectivity index (χ4v) is 9.11. The van der Waals surface area contributed by atoms with Crippen molar-refractivity contribution in [3.8, 4) is 0 Å². The second-order valence-electron chi connectivity index (χ2n) is 11.7.